The second-order valence-corrected chi connectivity index (χ2v) is 3.66. The second kappa shape index (κ2) is 5.32. The number of carbonyl (C=O) groups is 1. The number of ether oxygens (including phenoxy) is 1. The van der Waals surface area contributed by atoms with Gasteiger partial charge in [-0.25, -0.2) is 0 Å². The van der Waals surface area contributed by atoms with Crippen molar-refractivity contribution < 1.29 is 14.6 Å². The molecule has 0 radical (unpaired) electrons. The van der Waals surface area contributed by atoms with Gasteiger partial charge >= 0.3 is 5.97 Å². The summed E-state index contributed by atoms with van der Waals surface area (Å²) >= 11 is 0. The van der Waals surface area contributed by atoms with E-state index in [-0.39, 0.29) is 12.1 Å². The summed E-state index contributed by atoms with van der Waals surface area (Å²) in [7, 11) is 0. The third-order valence-corrected chi connectivity index (χ3v) is 2.74. The van der Waals surface area contributed by atoms with Crippen LogP contribution in [0.1, 0.15) is 26.7 Å². The van der Waals surface area contributed by atoms with Crippen molar-refractivity contribution in [3.05, 3.63) is 0 Å². The molecule has 1 rings (SSSR count). The molecule has 0 unspecified atom stereocenters. The first-order valence-corrected chi connectivity index (χ1v) is 5.27. The first kappa shape index (κ1) is 11.5. The summed E-state index contributed by atoms with van der Waals surface area (Å²) in [5.41, 5.74) is 0. The predicted octanol–water partition coefficient (Wildman–Crippen LogP) is 0.960. The lowest BCUT2D eigenvalue weighted by Gasteiger charge is -2.35. The van der Waals surface area contributed by atoms with Gasteiger partial charge in [0.05, 0.1) is 12.7 Å². The monoisotopic (exact) mass is 201 g/mol. The summed E-state index contributed by atoms with van der Waals surface area (Å²) in [5, 5.41) is 9.00. The highest BCUT2D eigenvalue weighted by Gasteiger charge is 2.28. The van der Waals surface area contributed by atoms with Gasteiger partial charge in [-0.3, -0.25) is 9.69 Å². The molecule has 0 saturated carbocycles. The number of aliphatic carboxylic acids is 1. The molecule has 1 aliphatic heterocycles. The van der Waals surface area contributed by atoms with Gasteiger partial charge in [-0.1, -0.05) is 13.8 Å². The molecule has 0 amide bonds. The zero-order valence-electron chi connectivity index (χ0n) is 8.90. The summed E-state index contributed by atoms with van der Waals surface area (Å²) < 4.78 is 5.50. The SMILES string of the molecule is CC[C@@H]1CN([C@H](CC)C(=O)O)CCO1. The largest absolute Gasteiger partial charge is 0.480 e. The van der Waals surface area contributed by atoms with E-state index in [0.29, 0.717) is 13.0 Å². The van der Waals surface area contributed by atoms with Crippen molar-refractivity contribution in [1.29, 1.82) is 0 Å². The van der Waals surface area contributed by atoms with E-state index in [1.165, 1.54) is 0 Å². The predicted molar refractivity (Wildman–Crippen MR) is 53.3 cm³/mol. The molecule has 0 spiro atoms. The van der Waals surface area contributed by atoms with Gasteiger partial charge in [0.25, 0.3) is 0 Å². The average molecular weight is 201 g/mol. The fraction of sp³-hybridized carbons (Fsp3) is 0.900. The highest BCUT2D eigenvalue weighted by Crippen LogP contribution is 2.13. The summed E-state index contributed by atoms with van der Waals surface area (Å²) in [6.45, 7) is 6.12. The molecule has 0 aromatic carbocycles. The Balaban J connectivity index is 2.53. The number of carboxylic acid groups (broad SMARTS) is 1. The molecule has 1 fully saturated rings. The molecule has 1 N–H and O–H groups in total. The summed E-state index contributed by atoms with van der Waals surface area (Å²) in [6, 6.07) is -0.340. The average Bonchev–Trinajstić information content (AvgIpc) is 2.19. The van der Waals surface area contributed by atoms with Crippen LogP contribution in [-0.2, 0) is 9.53 Å². The zero-order valence-corrected chi connectivity index (χ0v) is 8.90. The van der Waals surface area contributed by atoms with Crippen LogP contribution in [0.25, 0.3) is 0 Å². The summed E-state index contributed by atoms with van der Waals surface area (Å²) in [4.78, 5) is 13.0. The van der Waals surface area contributed by atoms with Gasteiger partial charge < -0.3 is 9.84 Å². The minimum Gasteiger partial charge on any atom is -0.480 e. The van der Waals surface area contributed by atoms with E-state index in [0.717, 1.165) is 19.5 Å². The van der Waals surface area contributed by atoms with Crippen molar-refractivity contribution in [3.63, 3.8) is 0 Å². The maximum atomic E-state index is 10.9. The second-order valence-electron chi connectivity index (χ2n) is 3.66. The fourth-order valence-electron chi connectivity index (χ4n) is 1.86. The Bertz CT molecular complexity index is 196. The van der Waals surface area contributed by atoms with Gasteiger partial charge in [-0.15, -0.1) is 0 Å². The third kappa shape index (κ3) is 2.69. The lowest BCUT2D eigenvalue weighted by atomic mass is 10.1. The van der Waals surface area contributed by atoms with Crippen LogP contribution < -0.4 is 0 Å². The maximum absolute atomic E-state index is 10.9. The van der Waals surface area contributed by atoms with Gasteiger partial charge in [0, 0.05) is 13.1 Å². The van der Waals surface area contributed by atoms with Crippen LogP contribution >= 0.6 is 0 Å². The molecule has 1 aliphatic rings. The van der Waals surface area contributed by atoms with E-state index >= 15 is 0 Å². The highest BCUT2D eigenvalue weighted by molar-refractivity contribution is 5.73. The molecule has 0 aromatic heterocycles. The van der Waals surface area contributed by atoms with E-state index in [1.807, 2.05) is 11.8 Å². The van der Waals surface area contributed by atoms with Gasteiger partial charge in [0.2, 0.25) is 0 Å². The molecule has 14 heavy (non-hydrogen) atoms. The van der Waals surface area contributed by atoms with Crippen LogP contribution in [0, 0.1) is 0 Å². The highest BCUT2D eigenvalue weighted by atomic mass is 16.5. The van der Waals surface area contributed by atoms with Crippen LogP contribution in [0.2, 0.25) is 0 Å². The third-order valence-electron chi connectivity index (χ3n) is 2.74. The normalized spacial score (nSPS) is 26.0. The molecule has 1 saturated heterocycles. The van der Waals surface area contributed by atoms with Crippen molar-refractivity contribution in [1.82, 2.24) is 4.90 Å². The molecule has 2 atom stereocenters. The van der Waals surface area contributed by atoms with Gasteiger partial charge in [-0.05, 0) is 12.8 Å². The van der Waals surface area contributed by atoms with Crippen molar-refractivity contribution in [2.75, 3.05) is 19.7 Å². The van der Waals surface area contributed by atoms with Crippen LogP contribution in [-0.4, -0.2) is 47.8 Å². The molecule has 82 valence electrons. The van der Waals surface area contributed by atoms with Crippen LogP contribution in [0.15, 0.2) is 0 Å². The van der Waals surface area contributed by atoms with Crippen molar-refractivity contribution in [3.8, 4) is 0 Å². The van der Waals surface area contributed by atoms with Crippen molar-refractivity contribution in [2.24, 2.45) is 0 Å². The quantitative estimate of drug-likeness (QED) is 0.736. The maximum Gasteiger partial charge on any atom is 0.320 e. The Labute approximate surface area is 84.8 Å². The van der Waals surface area contributed by atoms with E-state index in [1.54, 1.807) is 0 Å². The van der Waals surface area contributed by atoms with E-state index in [9.17, 15) is 4.79 Å². The summed E-state index contributed by atoms with van der Waals surface area (Å²) in [6.07, 6.45) is 1.82. The molecule has 0 bridgehead atoms. The number of hydrogen-bond acceptors (Lipinski definition) is 3. The lowest BCUT2D eigenvalue weighted by Crippen LogP contribution is -2.50. The molecule has 1 heterocycles. The Morgan fingerprint density at radius 1 is 1.64 bits per heavy atom. The Morgan fingerprint density at radius 3 is 2.86 bits per heavy atom. The molecule has 0 aliphatic carbocycles. The van der Waals surface area contributed by atoms with Crippen LogP contribution in [0.4, 0.5) is 0 Å². The zero-order chi connectivity index (χ0) is 10.6. The minimum absolute atomic E-state index is 0.206. The number of hydrogen-bond donors (Lipinski definition) is 1. The van der Waals surface area contributed by atoms with E-state index in [4.69, 9.17) is 9.84 Å². The number of nitrogens with zero attached hydrogens (tertiary/aromatic N) is 1. The first-order chi connectivity index (χ1) is 6.69. The number of morpholine rings is 1. The Kier molecular flexibility index (Phi) is 4.35. The molecule has 4 heteroatoms. The van der Waals surface area contributed by atoms with E-state index in [2.05, 4.69) is 6.92 Å². The Hall–Kier alpha value is -0.610. The number of carboxylic acids is 1. The summed E-state index contributed by atoms with van der Waals surface area (Å²) in [5.74, 6) is -0.718. The van der Waals surface area contributed by atoms with Crippen LogP contribution in [0.3, 0.4) is 0 Å². The number of rotatable bonds is 4. The van der Waals surface area contributed by atoms with Crippen LogP contribution in [0.5, 0.6) is 0 Å². The molecule has 0 aromatic rings. The molecule has 4 nitrogen and oxygen atoms in total. The minimum atomic E-state index is -0.718. The van der Waals surface area contributed by atoms with Gasteiger partial charge in [0.15, 0.2) is 0 Å². The van der Waals surface area contributed by atoms with E-state index < -0.39 is 5.97 Å². The topological polar surface area (TPSA) is 49.8 Å². The van der Waals surface area contributed by atoms with Gasteiger partial charge in [-0.2, -0.15) is 0 Å². The standard InChI is InChI=1S/C10H19NO3/c1-3-8-7-11(5-6-14-8)9(4-2)10(12)13/h8-9H,3-7H2,1-2H3,(H,12,13)/t8-,9-/m1/s1. The smallest absolute Gasteiger partial charge is 0.320 e. The lowest BCUT2D eigenvalue weighted by molar-refractivity contribution is -0.146. The molecular weight excluding hydrogens is 182 g/mol. The fourth-order valence-corrected chi connectivity index (χ4v) is 1.86. The molecular formula is C10H19NO3. The van der Waals surface area contributed by atoms with Crippen molar-refractivity contribution >= 4 is 5.97 Å². The Morgan fingerprint density at radius 2 is 2.36 bits per heavy atom. The van der Waals surface area contributed by atoms with Gasteiger partial charge in [0.1, 0.15) is 6.04 Å². The van der Waals surface area contributed by atoms with Crippen molar-refractivity contribution in [2.45, 2.75) is 38.8 Å². The first-order valence-electron chi connectivity index (χ1n) is 5.27.